The Kier molecular flexibility index (Phi) is 4.36. The zero-order valence-corrected chi connectivity index (χ0v) is 11.2. The summed E-state index contributed by atoms with van der Waals surface area (Å²) < 4.78 is 5.52. The maximum atomic E-state index is 11.6. The van der Waals surface area contributed by atoms with Crippen molar-refractivity contribution in [2.24, 2.45) is 0 Å². The van der Waals surface area contributed by atoms with Gasteiger partial charge < -0.3 is 9.84 Å². The van der Waals surface area contributed by atoms with Gasteiger partial charge in [0.2, 0.25) is 0 Å². The fourth-order valence-electron chi connectivity index (χ4n) is 2.20. The van der Waals surface area contributed by atoms with E-state index in [1.54, 1.807) is 6.92 Å². The normalized spacial score (nSPS) is 34.6. The minimum absolute atomic E-state index is 0.326. The Labute approximate surface area is 104 Å². The molecule has 3 heteroatoms. The van der Waals surface area contributed by atoms with E-state index in [9.17, 15) is 9.90 Å². The van der Waals surface area contributed by atoms with Crippen LogP contribution in [0.3, 0.4) is 0 Å². The van der Waals surface area contributed by atoms with Crippen LogP contribution in [0.15, 0.2) is 12.2 Å². The maximum absolute atomic E-state index is 11.6. The topological polar surface area (TPSA) is 46.5 Å². The minimum atomic E-state index is -0.628. The molecule has 0 radical (unpaired) electrons. The Bertz CT molecular complexity index is 307. The molecule has 1 saturated carbocycles. The molecule has 17 heavy (non-hydrogen) atoms. The van der Waals surface area contributed by atoms with Crippen molar-refractivity contribution in [2.45, 2.75) is 70.5 Å². The van der Waals surface area contributed by atoms with Crippen LogP contribution in [-0.2, 0) is 9.53 Å². The summed E-state index contributed by atoms with van der Waals surface area (Å²) >= 11 is 0. The highest BCUT2D eigenvalue weighted by Gasteiger charge is 2.34. The molecule has 0 aromatic carbocycles. The van der Waals surface area contributed by atoms with Gasteiger partial charge in [-0.25, -0.2) is 4.79 Å². The van der Waals surface area contributed by atoms with Gasteiger partial charge in [-0.05, 0) is 52.9 Å². The van der Waals surface area contributed by atoms with Gasteiger partial charge in [0.05, 0.1) is 5.60 Å². The lowest BCUT2D eigenvalue weighted by molar-refractivity contribution is -0.156. The van der Waals surface area contributed by atoms with E-state index in [4.69, 9.17) is 4.74 Å². The summed E-state index contributed by atoms with van der Waals surface area (Å²) in [4.78, 5) is 11.6. The fourth-order valence-corrected chi connectivity index (χ4v) is 2.20. The molecule has 1 fully saturated rings. The van der Waals surface area contributed by atoms with E-state index in [2.05, 4.69) is 6.58 Å². The van der Waals surface area contributed by atoms with Crippen LogP contribution in [0.25, 0.3) is 0 Å². The molecular weight excluding hydrogens is 216 g/mol. The van der Waals surface area contributed by atoms with Crippen LogP contribution in [-0.4, -0.2) is 22.3 Å². The van der Waals surface area contributed by atoms with Crippen LogP contribution in [0, 0.1) is 0 Å². The van der Waals surface area contributed by atoms with Crippen molar-refractivity contribution in [1.29, 1.82) is 0 Å². The molecule has 0 aromatic rings. The standard InChI is InChI=1S/C14H24O3/c1-11(2)12(15)17-14(4)8-6-5-7-13(3,16)9-10-14/h16H,1,5-10H2,2-4H3. The van der Waals surface area contributed by atoms with Crippen molar-refractivity contribution in [3.8, 4) is 0 Å². The smallest absolute Gasteiger partial charge is 0.333 e. The van der Waals surface area contributed by atoms with Crippen LogP contribution in [0.1, 0.15) is 59.3 Å². The molecule has 0 saturated heterocycles. The Morgan fingerprint density at radius 2 is 1.76 bits per heavy atom. The van der Waals surface area contributed by atoms with Crippen LogP contribution in [0.5, 0.6) is 0 Å². The van der Waals surface area contributed by atoms with E-state index in [-0.39, 0.29) is 5.97 Å². The van der Waals surface area contributed by atoms with Crippen LogP contribution in [0.2, 0.25) is 0 Å². The van der Waals surface area contributed by atoms with Gasteiger partial charge in [-0.2, -0.15) is 0 Å². The highest BCUT2D eigenvalue weighted by Crippen LogP contribution is 2.34. The first-order valence-electron chi connectivity index (χ1n) is 6.35. The van der Waals surface area contributed by atoms with Crippen molar-refractivity contribution in [1.82, 2.24) is 0 Å². The molecule has 98 valence electrons. The maximum Gasteiger partial charge on any atom is 0.333 e. The van der Waals surface area contributed by atoms with Gasteiger partial charge in [0.25, 0.3) is 0 Å². The fraction of sp³-hybridized carbons (Fsp3) is 0.786. The van der Waals surface area contributed by atoms with Crippen molar-refractivity contribution < 1.29 is 14.6 Å². The zero-order chi connectivity index (χ0) is 13.1. The molecule has 3 nitrogen and oxygen atoms in total. The lowest BCUT2D eigenvalue weighted by Gasteiger charge is -2.36. The molecule has 2 unspecified atom stereocenters. The average Bonchev–Trinajstić information content (AvgIpc) is 2.21. The summed E-state index contributed by atoms with van der Waals surface area (Å²) in [5.41, 5.74) is -0.655. The molecule has 0 aliphatic heterocycles. The first kappa shape index (κ1) is 14.2. The summed E-state index contributed by atoms with van der Waals surface area (Å²) in [7, 11) is 0. The monoisotopic (exact) mass is 240 g/mol. The van der Waals surface area contributed by atoms with Gasteiger partial charge in [-0.1, -0.05) is 13.0 Å². The first-order valence-corrected chi connectivity index (χ1v) is 6.35. The van der Waals surface area contributed by atoms with Crippen LogP contribution < -0.4 is 0 Å². The van der Waals surface area contributed by atoms with Crippen molar-refractivity contribution in [2.75, 3.05) is 0 Å². The third-order valence-corrected chi connectivity index (χ3v) is 3.55. The van der Waals surface area contributed by atoms with E-state index in [1.807, 2.05) is 13.8 Å². The average molecular weight is 240 g/mol. The van der Waals surface area contributed by atoms with Crippen LogP contribution in [0.4, 0.5) is 0 Å². The van der Waals surface area contributed by atoms with Gasteiger partial charge in [0.15, 0.2) is 0 Å². The zero-order valence-electron chi connectivity index (χ0n) is 11.2. The van der Waals surface area contributed by atoms with E-state index < -0.39 is 11.2 Å². The van der Waals surface area contributed by atoms with Gasteiger partial charge in [-0.15, -0.1) is 0 Å². The number of esters is 1. The van der Waals surface area contributed by atoms with E-state index in [0.29, 0.717) is 18.4 Å². The lowest BCUT2D eigenvalue weighted by atomic mass is 9.82. The van der Waals surface area contributed by atoms with E-state index in [1.165, 1.54) is 0 Å². The summed E-state index contributed by atoms with van der Waals surface area (Å²) in [5.74, 6) is -0.326. The Morgan fingerprint density at radius 1 is 1.18 bits per heavy atom. The van der Waals surface area contributed by atoms with Crippen molar-refractivity contribution >= 4 is 5.97 Å². The van der Waals surface area contributed by atoms with Crippen LogP contribution >= 0.6 is 0 Å². The molecular formula is C14H24O3. The van der Waals surface area contributed by atoms with Crippen molar-refractivity contribution in [3.63, 3.8) is 0 Å². The summed E-state index contributed by atoms with van der Waals surface area (Å²) in [6.07, 6.45) is 5.04. The van der Waals surface area contributed by atoms with Crippen molar-refractivity contribution in [3.05, 3.63) is 12.2 Å². The molecule has 0 amide bonds. The Balaban J connectivity index is 2.66. The number of aliphatic hydroxyl groups is 1. The Morgan fingerprint density at radius 3 is 2.35 bits per heavy atom. The Hall–Kier alpha value is -0.830. The minimum Gasteiger partial charge on any atom is -0.456 e. The highest BCUT2D eigenvalue weighted by atomic mass is 16.6. The van der Waals surface area contributed by atoms with Gasteiger partial charge in [0, 0.05) is 5.57 Å². The van der Waals surface area contributed by atoms with Gasteiger partial charge >= 0.3 is 5.97 Å². The molecule has 1 rings (SSSR count). The molecule has 1 aliphatic rings. The highest BCUT2D eigenvalue weighted by molar-refractivity contribution is 5.87. The molecule has 1 N–H and O–H groups in total. The number of hydrogen-bond acceptors (Lipinski definition) is 3. The summed E-state index contributed by atoms with van der Waals surface area (Å²) in [6.45, 7) is 9.07. The largest absolute Gasteiger partial charge is 0.456 e. The first-order chi connectivity index (χ1) is 7.74. The molecule has 0 heterocycles. The number of rotatable bonds is 2. The predicted molar refractivity (Wildman–Crippen MR) is 67.6 cm³/mol. The second-order valence-electron chi connectivity index (χ2n) is 5.82. The van der Waals surface area contributed by atoms with E-state index in [0.717, 1.165) is 25.7 Å². The van der Waals surface area contributed by atoms with Gasteiger partial charge in [-0.3, -0.25) is 0 Å². The predicted octanol–water partition coefficient (Wildman–Crippen LogP) is 2.97. The molecule has 2 atom stereocenters. The van der Waals surface area contributed by atoms with Gasteiger partial charge in [0.1, 0.15) is 5.60 Å². The second-order valence-corrected chi connectivity index (χ2v) is 5.82. The number of ether oxygens (including phenoxy) is 1. The SMILES string of the molecule is C=C(C)C(=O)OC1(C)CCCCC(C)(O)CC1. The molecule has 0 aromatic heterocycles. The third kappa shape index (κ3) is 4.50. The number of carbonyl (C=O) groups is 1. The second kappa shape index (κ2) is 5.21. The lowest BCUT2D eigenvalue weighted by Crippen LogP contribution is -2.37. The number of hydrogen-bond donors (Lipinski definition) is 1. The summed E-state index contributed by atoms with van der Waals surface area (Å²) in [6, 6.07) is 0. The number of carbonyl (C=O) groups excluding carboxylic acids is 1. The molecule has 1 aliphatic carbocycles. The van der Waals surface area contributed by atoms with E-state index >= 15 is 0 Å². The quantitative estimate of drug-likeness (QED) is 0.596. The summed E-state index contributed by atoms with van der Waals surface area (Å²) in [5, 5.41) is 10.1. The molecule has 0 spiro atoms. The molecule has 0 bridgehead atoms. The third-order valence-electron chi connectivity index (χ3n) is 3.55.